The molecular formula is C23H21NO5S. The van der Waals surface area contributed by atoms with Gasteiger partial charge < -0.3 is 19.2 Å². The van der Waals surface area contributed by atoms with Gasteiger partial charge in [0.1, 0.15) is 23.3 Å². The summed E-state index contributed by atoms with van der Waals surface area (Å²) in [7, 11) is 0. The maximum Gasteiger partial charge on any atom is 0.296 e. The van der Waals surface area contributed by atoms with Crippen LogP contribution in [0.3, 0.4) is 0 Å². The molecule has 1 amide bonds. The largest absolute Gasteiger partial charge is 0.507 e. The smallest absolute Gasteiger partial charge is 0.296 e. The van der Waals surface area contributed by atoms with E-state index >= 15 is 0 Å². The molecule has 1 atom stereocenters. The summed E-state index contributed by atoms with van der Waals surface area (Å²) >= 11 is 1.42. The van der Waals surface area contributed by atoms with Crippen LogP contribution in [0.15, 0.2) is 70.2 Å². The van der Waals surface area contributed by atoms with Crippen molar-refractivity contribution in [1.29, 1.82) is 0 Å². The van der Waals surface area contributed by atoms with E-state index in [9.17, 15) is 14.7 Å². The van der Waals surface area contributed by atoms with E-state index in [-0.39, 0.29) is 17.9 Å². The molecule has 1 saturated heterocycles. The number of amides is 1. The summed E-state index contributed by atoms with van der Waals surface area (Å²) < 4.78 is 11.0. The van der Waals surface area contributed by atoms with Crippen molar-refractivity contribution in [3.63, 3.8) is 0 Å². The number of rotatable bonds is 7. The average Bonchev–Trinajstić information content (AvgIpc) is 3.51. The number of likely N-dealkylation sites (tertiary alicyclic amines) is 1. The summed E-state index contributed by atoms with van der Waals surface area (Å²) in [4.78, 5) is 28.0. The van der Waals surface area contributed by atoms with Gasteiger partial charge in [-0.3, -0.25) is 9.59 Å². The number of carbonyl (C=O) groups is 2. The SMILES string of the molecule is CCCOc1cccc(/C(O)=C2/C(=O)C(=O)N(Cc3ccco3)C2c2cccs2)c1. The van der Waals surface area contributed by atoms with Crippen LogP contribution in [0.5, 0.6) is 5.75 Å². The Morgan fingerprint density at radius 3 is 2.77 bits per heavy atom. The molecule has 0 spiro atoms. The van der Waals surface area contributed by atoms with Gasteiger partial charge in [0.05, 0.1) is 25.0 Å². The summed E-state index contributed by atoms with van der Waals surface area (Å²) in [5.41, 5.74) is 0.503. The van der Waals surface area contributed by atoms with Gasteiger partial charge in [0.15, 0.2) is 0 Å². The Kier molecular flexibility index (Phi) is 5.72. The normalized spacial score (nSPS) is 18.2. The summed E-state index contributed by atoms with van der Waals surface area (Å²) in [5, 5.41) is 13.0. The predicted molar refractivity (Wildman–Crippen MR) is 113 cm³/mol. The fourth-order valence-electron chi connectivity index (χ4n) is 3.46. The molecule has 1 aliphatic rings. The van der Waals surface area contributed by atoms with Crippen LogP contribution < -0.4 is 4.74 Å². The maximum atomic E-state index is 13.0. The molecule has 3 aromatic rings. The molecule has 7 heteroatoms. The van der Waals surface area contributed by atoms with Crippen molar-refractivity contribution >= 4 is 28.8 Å². The molecule has 0 saturated carbocycles. The fraction of sp³-hybridized carbons (Fsp3) is 0.217. The third-order valence-electron chi connectivity index (χ3n) is 4.84. The van der Waals surface area contributed by atoms with E-state index in [0.717, 1.165) is 11.3 Å². The van der Waals surface area contributed by atoms with E-state index in [4.69, 9.17) is 9.15 Å². The molecule has 2 aromatic heterocycles. The first-order chi connectivity index (χ1) is 14.6. The van der Waals surface area contributed by atoms with E-state index in [1.165, 1.54) is 22.5 Å². The Hall–Kier alpha value is -3.32. The molecule has 1 unspecified atom stereocenters. The van der Waals surface area contributed by atoms with Crippen molar-refractivity contribution in [2.45, 2.75) is 25.9 Å². The summed E-state index contributed by atoms with van der Waals surface area (Å²) in [5.74, 6) is -0.426. The summed E-state index contributed by atoms with van der Waals surface area (Å²) in [6, 6.07) is 13.4. The summed E-state index contributed by atoms with van der Waals surface area (Å²) in [6.45, 7) is 2.69. The standard InChI is InChI=1S/C23H21NO5S/c1-2-10-28-16-7-3-6-15(13-16)21(25)19-20(18-9-5-12-30-18)24(23(27)22(19)26)14-17-8-4-11-29-17/h3-9,11-13,20,25H,2,10,14H2,1H3/b21-19-. The minimum Gasteiger partial charge on any atom is -0.507 e. The average molecular weight is 423 g/mol. The third kappa shape index (κ3) is 3.76. The Labute approximate surface area is 178 Å². The van der Waals surface area contributed by atoms with Crippen molar-refractivity contribution in [3.8, 4) is 5.75 Å². The molecule has 1 aromatic carbocycles. The molecule has 0 aliphatic carbocycles. The van der Waals surface area contributed by atoms with Crippen LogP contribution in [-0.4, -0.2) is 28.3 Å². The van der Waals surface area contributed by atoms with Crippen molar-refractivity contribution in [3.05, 3.63) is 81.9 Å². The number of nitrogens with zero attached hydrogens (tertiary/aromatic N) is 1. The van der Waals surface area contributed by atoms with Gasteiger partial charge in [-0.15, -0.1) is 11.3 Å². The molecule has 4 rings (SSSR count). The second-order valence-electron chi connectivity index (χ2n) is 6.90. The molecule has 6 nitrogen and oxygen atoms in total. The molecule has 154 valence electrons. The highest BCUT2D eigenvalue weighted by atomic mass is 32.1. The molecule has 0 bridgehead atoms. The summed E-state index contributed by atoms with van der Waals surface area (Å²) in [6.07, 6.45) is 2.38. The first-order valence-electron chi connectivity index (χ1n) is 9.67. The van der Waals surface area contributed by atoms with E-state index in [1.807, 2.05) is 24.4 Å². The second-order valence-corrected chi connectivity index (χ2v) is 7.88. The molecule has 1 fully saturated rings. The molecule has 3 heterocycles. The Morgan fingerprint density at radius 1 is 1.20 bits per heavy atom. The number of thiophene rings is 1. The lowest BCUT2D eigenvalue weighted by molar-refractivity contribution is -0.140. The van der Waals surface area contributed by atoms with E-state index in [1.54, 1.807) is 36.4 Å². The van der Waals surface area contributed by atoms with Crippen LogP contribution in [0.2, 0.25) is 0 Å². The van der Waals surface area contributed by atoms with E-state index < -0.39 is 17.7 Å². The zero-order valence-corrected chi connectivity index (χ0v) is 17.2. The lowest BCUT2D eigenvalue weighted by Gasteiger charge is -2.23. The molecule has 0 radical (unpaired) electrons. The lowest BCUT2D eigenvalue weighted by Crippen LogP contribution is -2.28. The zero-order valence-electron chi connectivity index (χ0n) is 16.4. The monoisotopic (exact) mass is 423 g/mol. The first-order valence-corrected chi connectivity index (χ1v) is 10.6. The minimum atomic E-state index is -0.711. The number of carbonyl (C=O) groups excluding carboxylic acids is 2. The number of aliphatic hydroxyl groups is 1. The number of hydrogen-bond acceptors (Lipinski definition) is 6. The van der Waals surface area contributed by atoms with Gasteiger partial charge in [0.2, 0.25) is 0 Å². The fourth-order valence-corrected chi connectivity index (χ4v) is 4.31. The van der Waals surface area contributed by atoms with Crippen molar-refractivity contribution in [1.82, 2.24) is 4.90 Å². The highest BCUT2D eigenvalue weighted by Crippen LogP contribution is 2.42. The first kappa shape index (κ1) is 20.0. The predicted octanol–water partition coefficient (Wildman–Crippen LogP) is 4.75. The van der Waals surface area contributed by atoms with Gasteiger partial charge in [0, 0.05) is 10.4 Å². The highest BCUT2D eigenvalue weighted by Gasteiger charge is 2.46. The zero-order chi connectivity index (χ0) is 21.1. The van der Waals surface area contributed by atoms with E-state index in [2.05, 4.69) is 0 Å². The lowest BCUT2D eigenvalue weighted by atomic mass is 9.99. The topological polar surface area (TPSA) is 80.0 Å². The number of furan rings is 1. The minimum absolute atomic E-state index is 0.0710. The molecule has 1 N–H and O–H groups in total. The number of benzene rings is 1. The quantitative estimate of drug-likeness (QED) is 0.337. The molecular weight excluding hydrogens is 402 g/mol. The number of hydrogen-bond donors (Lipinski definition) is 1. The van der Waals surface area contributed by atoms with Crippen LogP contribution in [0.4, 0.5) is 0 Å². The van der Waals surface area contributed by atoms with Gasteiger partial charge in [-0.2, -0.15) is 0 Å². The number of Topliss-reactive ketones (excluding diaryl/α,β-unsaturated/α-hetero) is 1. The van der Waals surface area contributed by atoms with Gasteiger partial charge in [0.25, 0.3) is 11.7 Å². The third-order valence-corrected chi connectivity index (χ3v) is 5.76. The number of ketones is 1. The van der Waals surface area contributed by atoms with Gasteiger partial charge >= 0.3 is 0 Å². The van der Waals surface area contributed by atoms with Crippen LogP contribution in [0.25, 0.3) is 5.76 Å². The van der Waals surface area contributed by atoms with Crippen molar-refractivity contribution in [2.75, 3.05) is 6.61 Å². The van der Waals surface area contributed by atoms with Crippen LogP contribution in [0.1, 0.15) is 35.6 Å². The van der Waals surface area contributed by atoms with E-state index in [0.29, 0.717) is 23.7 Å². The Morgan fingerprint density at radius 2 is 2.07 bits per heavy atom. The van der Waals surface area contributed by atoms with Gasteiger partial charge in [-0.05, 0) is 42.1 Å². The Bertz CT molecular complexity index is 1070. The van der Waals surface area contributed by atoms with Crippen molar-refractivity contribution in [2.24, 2.45) is 0 Å². The van der Waals surface area contributed by atoms with Crippen LogP contribution in [0, 0.1) is 0 Å². The molecule has 1 aliphatic heterocycles. The maximum absolute atomic E-state index is 13.0. The van der Waals surface area contributed by atoms with Gasteiger partial charge in [-0.25, -0.2) is 0 Å². The van der Waals surface area contributed by atoms with Crippen LogP contribution >= 0.6 is 11.3 Å². The number of ether oxygens (including phenoxy) is 1. The van der Waals surface area contributed by atoms with Gasteiger partial charge in [-0.1, -0.05) is 25.1 Å². The van der Waals surface area contributed by atoms with Crippen molar-refractivity contribution < 1.29 is 23.8 Å². The highest BCUT2D eigenvalue weighted by molar-refractivity contribution is 7.10. The van der Waals surface area contributed by atoms with Crippen LogP contribution in [-0.2, 0) is 16.1 Å². The molecule has 30 heavy (non-hydrogen) atoms. The Balaban J connectivity index is 1.78. The second kappa shape index (κ2) is 8.59. The number of aliphatic hydroxyl groups excluding tert-OH is 1.